The number of aromatic nitrogens is 2. The lowest BCUT2D eigenvalue weighted by Crippen LogP contribution is -2.15. The van der Waals surface area contributed by atoms with Gasteiger partial charge < -0.3 is 18.9 Å². The van der Waals surface area contributed by atoms with E-state index in [9.17, 15) is 0 Å². The molecular weight excluding hydrogens is 781 g/mol. The van der Waals surface area contributed by atoms with E-state index in [0.717, 1.165) is 67.8 Å². The molecule has 5 nitrogen and oxygen atoms in total. The van der Waals surface area contributed by atoms with Gasteiger partial charge in [0.05, 0.1) is 27.8 Å². The summed E-state index contributed by atoms with van der Waals surface area (Å²) in [6, 6.07) is 73.9. The van der Waals surface area contributed by atoms with Gasteiger partial charge in [-0.3, -0.25) is 4.99 Å². The lowest BCUT2D eigenvalue weighted by molar-refractivity contribution is 0.669. The van der Waals surface area contributed by atoms with E-state index >= 15 is 0 Å². The van der Waals surface area contributed by atoms with Crippen LogP contribution in [-0.2, 0) is 6.42 Å². The number of nitrogens with zero attached hydrogens (tertiary/aromatic N) is 3. The second-order valence-corrected chi connectivity index (χ2v) is 16.7. The van der Waals surface area contributed by atoms with Crippen molar-refractivity contribution in [3.8, 4) is 22.5 Å². The molecule has 0 aliphatic rings. The molecule has 12 rings (SSSR count). The van der Waals surface area contributed by atoms with Crippen molar-refractivity contribution >= 4 is 76.9 Å². The Kier molecular flexibility index (Phi) is 9.01. The fraction of sp³-hybridized carbons (Fsp3) is 0.0678. The Morgan fingerprint density at radius 1 is 0.531 bits per heavy atom. The van der Waals surface area contributed by atoms with Crippen molar-refractivity contribution < 1.29 is 4.42 Å². The molecule has 9 aromatic carbocycles. The molecule has 1 atom stereocenters. The van der Waals surface area contributed by atoms with Gasteiger partial charge >= 0.3 is 0 Å². The highest BCUT2D eigenvalue weighted by atomic mass is 16.3. The molecule has 1 N–H and O–H groups in total. The minimum absolute atomic E-state index is 0.457. The zero-order chi connectivity index (χ0) is 42.7. The fourth-order valence-electron chi connectivity index (χ4n) is 9.81. The summed E-state index contributed by atoms with van der Waals surface area (Å²) in [6.45, 7) is 4.35. The van der Waals surface area contributed by atoms with Gasteiger partial charge in [-0.25, -0.2) is 0 Å². The molecule has 3 heterocycles. The number of fused-ring (bicyclic) bond motifs is 10. The Hall–Kier alpha value is -8.15. The predicted octanol–water partition coefficient (Wildman–Crippen LogP) is 15.6. The van der Waals surface area contributed by atoms with Crippen molar-refractivity contribution in [2.24, 2.45) is 4.99 Å². The summed E-state index contributed by atoms with van der Waals surface area (Å²) in [4.78, 5) is 5.68. The Labute approximate surface area is 371 Å². The van der Waals surface area contributed by atoms with E-state index < -0.39 is 6.17 Å². The van der Waals surface area contributed by atoms with Crippen LogP contribution in [0, 0.1) is 0 Å². The second-order valence-electron chi connectivity index (χ2n) is 16.7. The number of aliphatic imine (C=N–C) groups is 1. The SMILES string of the molecule is CCc1ccc(-n2c3ccccc3c3ccc4c(c5ccccc5n4-c4ccccc4)c32)c(C(N=C(C)c2ccc3oc4ccccc4c3c2)Nc2ccc(-c3ccccc3)cc2)c1. The Morgan fingerprint density at radius 3 is 1.97 bits per heavy atom. The first-order chi connectivity index (χ1) is 31.6. The molecule has 3 aromatic heterocycles. The van der Waals surface area contributed by atoms with Gasteiger partial charge in [0.1, 0.15) is 17.3 Å². The van der Waals surface area contributed by atoms with Gasteiger partial charge in [-0.2, -0.15) is 0 Å². The first-order valence-corrected chi connectivity index (χ1v) is 22.1. The number of para-hydroxylation sites is 4. The number of aryl methyl sites for hydroxylation is 1. The van der Waals surface area contributed by atoms with Crippen molar-refractivity contribution in [1.82, 2.24) is 9.13 Å². The summed E-state index contributed by atoms with van der Waals surface area (Å²) in [5.41, 5.74) is 16.3. The molecule has 0 bridgehead atoms. The average Bonchev–Trinajstić information content (AvgIpc) is 4.02. The third-order valence-electron chi connectivity index (χ3n) is 12.9. The third kappa shape index (κ3) is 6.19. The van der Waals surface area contributed by atoms with Gasteiger partial charge in [0.2, 0.25) is 0 Å². The van der Waals surface area contributed by atoms with Crippen LogP contribution in [0.25, 0.3) is 88.1 Å². The largest absolute Gasteiger partial charge is 0.456 e. The summed E-state index contributed by atoms with van der Waals surface area (Å²) in [5.74, 6) is 0. The summed E-state index contributed by atoms with van der Waals surface area (Å²) < 4.78 is 11.2. The highest BCUT2D eigenvalue weighted by Crippen LogP contribution is 2.43. The first-order valence-electron chi connectivity index (χ1n) is 22.1. The monoisotopic (exact) mass is 824 g/mol. The van der Waals surface area contributed by atoms with E-state index in [1.807, 2.05) is 12.1 Å². The smallest absolute Gasteiger partial charge is 0.147 e. The number of anilines is 1. The highest BCUT2D eigenvalue weighted by molar-refractivity contribution is 6.26. The topological polar surface area (TPSA) is 47.4 Å². The number of hydrogen-bond donors (Lipinski definition) is 1. The maximum absolute atomic E-state index is 6.24. The highest BCUT2D eigenvalue weighted by Gasteiger charge is 2.25. The maximum atomic E-state index is 6.24. The number of hydrogen-bond acceptors (Lipinski definition) is 3. The van der Waals surface area contributed by atoms with Crippen molar-refractivity contribution in [3.63, 3.8) is 0 Å². The molecule has 0 saturated carbocycles. The molecule has 0 aliphatic heterocycles. The van der Waals surface area contributed by atoms with Crippen LogP contribution in [0.1, 0.15) is 36.7 Å². The van der Waals surface area contributed by atoms with E-state index in [2.05, 4.69) is 222 Å². The molecule has 0 amide bonds. The van der Waals surface area contributed by atoms with Gasteiger partial charge in [-0.05, 0) is 114 Å². The average molecular weight is 825 g/mol. The Balaban J connectivity index is 1.11. The summed E-state index contributed by atoms with van der Waals surface area (Å²) in [5, 5.41) is 11.0. The van der Waals surface area contributed by atoms with Crippen LogP contribution in [0.3, 0.4) is 0 Å². The molecule has 0 spiro atoms. The predicted molar refractivity (Wildman–Crippen MR) is 269 cm³/mol. The van der Waals surface area contributed by atoms with E-state index in [0.29, 0.717) is 0 Å². The lowest BCUT2D eigenvalue weighted by atomic mass is 10.0. The molecule has 64 heavy (non-hydrogen) atoms. The van der Waals surface area contributed by atoms with Gasteiger partial charge in [-0.15, -0.1) is 0 Å². The maximum Gasteiger partial charge on any atom is 0.147 e. The van der Waals surface area contributed by atoms with Crippen molar-refractivity contribution in [2.75, 3.05) is 5.32 Å². The summed E-state index contributed by atoms with van der Waals surface area (Å²) in [6.07, 6.45) is 0.433. The molecule has 0 radical (unpaired) electrons. The van der Waals surface area contributed by atoms with Gasteiger partial charge in [0.25, 0.3) is 0 Å². The van der Waals surface area contributed by atoms with Crippen molar-refractivity contribution in [1.29, 1.82) is 0 Å². The van der Waals surface area contributed by atoms with Gasteiger partial charge in [0.15, 0.2) is 0 Å². The van der Waals surface area contributed by atoms with Gasteiger partial charge in [-0.1, -0.05) is 134 Å². The van der Waals surface area contributed by atoms with Crippen molar-refractivity contribution in [3.05, 3.63) is 223 Å². The number of rotatable bonds is 9. The summed E-state index contributed by atoms with van der Waals surface area (Å²) >= 11 is 0. The molecule has 1 unspecified atom stereocenters. The van der Waals surface area contributed by atoms with Crippen LogP contribution in [0.15, 0.2) is 216 Å². The van der Waals surface area contributed by atoms with E-state index in [1.54, 1.807) is 0 Å². The van der Waals surface area contributed by atoms with E-state index in [1.165, 1.54) is 54.8 Å². The molecule has 306 valence electrons. The zero-order valence-corrected chi connectivity index (χ0v) is 35.7. The van der Waals surface area contributed by atoms with Crippen molar-refractivity contribution in [2.45, 2.75) is 26.4 Å². The number of furan rings is 1. The zero-order valence-electron chi connectivity index (χ0n) is 35.7. The van der Waals surface area contributed by atoms with Crippen LogP contribution < -0.4 is 5.32 Å². The molecule has 12 aromatic rings. The Morgan fingerprint density at radius 2 is 1.19 bits per heavy atom. The summed E-state index contributed by atoms with van der Waals surface area (Å²) in [7, 11) is 0. The van der Waals surface area contributed by atoms with Crippen LogP contribution >= 0.6 is 0 Å². The third-order valence-corrected chi connectivity index (χ3v) is 12.9. The number of nitrogens with one attached hydrogen (secondary N) is 1. The van der Waals surface area contributed by atoms with Crippen LogP contribution in [-0.4, -0.2) is 14.8 Å². The van der Waals surface area contributed by atoms with Gasteiger partial charge in [0, 0.05) is 55.0 Å². The minimum atomic E-state index is -0.457. The molecular formula is C59H44N4O. The molecule has 0 saturated heterocycles. The lowest BCUT2D eigenvalue weighted by Gasteiger charge is -2.23. The van der Waals surface area contributed by atoms with Crippen LogP contribution in [0.5, 0.6) is 0 Å². The Bertz CT molecular complexity index is 3740. The molecule has 5 heteroatoms. The normalized spacial score (nSPS) is 12.6. The molecule has 0 aliphatic carbocycles. The van der Waals surface area contributed by atoms with Crippen LogP contribution in [0.4, 0.5) is 5.69 Å². The second kappa shape index (κ2) is 15.3. The standard InChI is InChI=1S/C59H44N4O/c1-3-39-26-33-53(63-51-23-13-10-20-45(51)47-32-34-54-57(58(47)63)48-22-11-14-24-52(48)62(54)44-18-8-5-9-19-44)50(36-39)59(61-43-30-27-41(28-31-43)40-16-6-4-7-17-40)60-38(2)42-29-35-56-49(37-42)46-21-12-15-25-55(46)64-56/h4-37,59,61H,3H2,1-2H3. The minimum Gasteiger partial charge on any atom is -0.456 e. The van der Waals surface area contributed by atoms with E-state index in [-0.39, 0.29) is 0 Å². The molecule has 0 fully saturated rings. The van der Waals surface area contributed by atoms with E-state index in [4.69, 9.17) is 9.41 Å². The first kappa shape index (κ1) is 37.6. The fourth-order valence-corrected chi connectivity index (χ4v) is 9.81. The van der Waals surface area contributed by atoms with Crippen LogP contribution in [0.2, 0.25) is 0 Å². The quantitative estimate of drug-likeness (QED) is 0.147. The number of benzene rings is 9.